The van der Waals surface area contributed by atoms with Gasteiger partial charge in [0.2, 0.25) is 5.91 Å². The number of hydrogen-bond acceptors (Lipinski definition) is 9. The van der Waals surface area contributed by atoms with Gasteiger partial charge < -0.3 is 40.4 Å². The Hall–Kier alpha value is -1.37. The summed E-state index contributed by atoms with van der Waals surface area (Å²) in [5.74, 6) is -3.51. The molecule has 0 fully saturated rings. The van der Waals surface area contributed by atoms with Crippen molar-refractivity contribution in [2.24, 2.45) is 5.11 Å². The molecular weight excluding hydrogens is 339 g/mol. The normalized spacial score (nSPS) is 25.0. The van der Waals surface area contributed by atoms with E-state index in [4.69, 9.17) is 15.4 Å². The number of aliphatic hydroxyl groups excluding tert-OH is 4. The molecule has 0 radical (unpaired) electrons. The first-order valence-electron chi connectivity index (χ1n) is 6.37. The van der Waals surface area contributed by atoms with Crippen LogP contribution in [0.4, 0.5) is 0 Å². The van der Waals surface area contributed by atoms with Crippen LogP contribution < -0.4 is 40.0 Å². The number of carbonyl (C=O) groups is 2. The maximum absolute atomic E-state index is 11.3. The molecule has 0 aromatic carbocycles. The van der Waals surface area contributed by atoms with Gasteiger partial charge in [0.05, 0.1) is 24.8 Å². The summed E-state index contributed by atoms with van der Waals surface area (Å²) >= 11 is 0. The first kappa shape index (κ1) is 22.6. The number of hydrogen-bond donors (Lipinski definition) is 5. The van der Waals surface area contributed by atoms with Crippen molar-refractivity contribution in [3.8, 4) is 0 Å². The molecule has 1 rings (SSSR count). The summed E-state index contributed by atoms with van der Waals surface area (Å²) in [5, 5.41) is 54.3. The fourth-order valence-corrected chi connectivity index (χ4v) is 1.96. The van der Waals surface area contributed by atoms with Crippen LogP contribution in [0, 0.1) is 0 Å². The Bertz CT molecular complexity index is 538. The van der Waals surface area contributed by atoms with Gasteiger partial charge in [0.1, 0.15) is 30.5 Å². The van der Waals surface area contributed by atoms with Gasteiger partial charge in [-0.05, 0) is 11.6 Å². The molecule has 1 aliphatic heterocycles. The zero-order valence-electron chi connectivity index (χ0n) is 12.6. The predicted molar refractivity (Wildman–Crippen MR) is 69.0 cm³/mol. The van der Waals surface area contributed by atoms with Gasteiger partial charge in [-0.1, -0.05) is 5.11 Å². The van der Waals surface area contributed by atoms with Crippen molar-refractivity contribution in [2.75, 3.05) is 13.2 Å². The van der Waals surface area contributed by atoms with Gasteiger partial charge >= 0.3 is 29.6 Å². The molecule has 13 heteroatoms. The van der Waals surface area contributed by atoms with E-state index in [-0.39, 0.29) is 29.6 Å². The number of nitrogens with zero attached hydrogens (tertiary/aromatic N) is 3. The molecule has 5 atom stereocenters. The summed E-state index contributed by atoms with van der Waals surface area (Å²) in [7, 11) is 0. The minimum atomic E-state index is -1.82. The van der Waals surface area contributed by atoms with E-state index >= 15 is 0 Å². The fraction of sp³-hybridized carbons (Fsp3) is 0.636. The molecule has 12 nitrogen and oxygen atoms in total. The smallest absolute Gasteiger partial charge is 0.542 e. The first-order valence-corrected chi connectivity index (χ1v) is 6.37. The van der Waals surface area contributed by atoms with Crippen LogP contribution in [0.1, 0.15) is 0 Å². The van der Waals surface area contributed by atoms with E-state index in [1.54, 1.807) is 0 Å². The molecule has 0 spiro atoms. The van der Waals surface area contributed by atoms with Gasteiger partial charge in [0.25, 0.3) is 0 Å². The molecule has 0 saturated carbocycles. The van der Waals surface area contributed by atoms with Gasteiger partial charge in [0, 0.05) is 4.91 Å². The van der Waals surface area contributed by atoms with Gasteiger partial charge in [-0.2, -0.15) is 0 Å². The standard InChI is InChI=1S/C11H16N4O8.Na/c12-15-13-2-5(18)9(20)10-8(14-7(19)3-16)4(17)1-6(23-10)11(21)22;/h1,4-5,8-10,16-18,20H,2-3H2,(H,14,19)(H,21,22);/q;+1/p-1/t4-,5+,8+,9-,10+;/m0./s1. The molecule has 0 saturated heterocycles. The van der Waals surface area contributed by atoms with E-state index in [1.165, 1.54) is 0 Å². The van der Waals surface area contributed by atoms with Crippen LogP contribution in [0.5, 0.6) is 0 Å². The minimum Gasteiger partial charge on any atom is -0.542 e. The summed E-state index contributed by atoms with van der Waals surface area (Å²) < 4.78 is 4.94. The number of amides is 1. The van der Waals surface area contributed by atoms with Crippen LogP contribution >= 0.6 is 0 Å². The van der Waals surface area contributed by atoms with Crippen LogP contribution in [0.15, 0.2) is 16.9 Å². The third-order valence-corrected chi connectivity index (χ3v) is 3.04. The molecule has 1 amide bonds. The van der Waals surface area contributed by atoms with E-state index in [0.29, 0.717) is 0 Å². The summed E-state index contributed by atoms with van der Waals surface area (Å²) in [5.41, 5.74) is 8.18. The van der Waals surface area contributed by atoms with E-state index in [9.17, 15) is 30.0 Å². The molecule has 1 aliphatic rings. The van der Waals surface area contributed by atoms with Crippen LogP contribution in [-0.4, -0.2) is 75.9 Å². The van der Waals surface area contributed by atoms with Gasteiger partial charge in [-0.3, -0.25) is 4.79 Å². The summed E-state index contributed by atoms with van der Waals surface area (Å²) in [6.07, 6.45) is -5.93. The van der Waals surface area contributed by atoms with Crippen LogP contribution in [-0.2, 0) is 14.3 Å². The minimum absolute atomic E-state index is 0. The van der Waals surface area contributed by atoms with Crippen molar-refractivity contribution in [1.29, 1.82) is 0 Å². The third kappa shape index (κ3) is 5.92. The van der Waals surface area contributed by atoms with Gasteiger partial charge in [0.15, 0.2) is 0 Å². The van der Waals surface area contributed by atoms with E-state index < -0.39 is 61.2 Å². The number of aliphatic hydroxyl groups is 4. The van der Waals surface area contributed by atoms with Gasteiger partial charge in [-0.25, -0.2) is 0 Å². The number of ether oxygens (including phenoxy) is 1. The largest absolute Gasteiger partial charge is 1.00 e. The molecule has 5 N–H and O–H groups in total. The Kier molecular flexibility index (Phi) is 9.89. The number of carbonyl (C=O) groups excluding carboxylic acids is 2. The average Bonchev–Trinajstić information content (AvgIpc) is 2.52. The molecule has 0 aromatic heterocycles. The fourth-order valence-electron chi connectivity index (χ4n) is 1.96. The zero-order valence-corrected chi connectivity index (χ0v) is 14.6. The second-order valence-corrected chi connectivity index (χ2v) is 4.61. The van der Waals surface area contributed by atoms with Crippen molar-refractivity contribution in [2.45, 2.75) is 30.5 Å². The monoisotopic (exact) mass is 354 g/mol. The van der Waals surface area contributed by atoms with Gasteiger partial charge in [-0.15, -0.1) is 0 Å². The topological polar surface area (TPSA) is 208 Å². The first-order chi connectivity index (χ1) is 10.8. The van der Waals surface area contributed by atoms with Crippen molar-refractivity contribution in [3.05, 3.63) is 22.3 Å². The molecule has 0 aliphatic carbocycles. The second kappa shape index (κ2) is 10.5. The third-order valence-electron chi connectivity index (χ3n) is 3.04. The number of nitrogens with one attached hydrogen (secondary N) is 1. The Morgan fingerprint density at radius 3 is 2.62 bits per heavy atom. The number of rotatable bonds is 7. The number of azide groups is 1. The van der Waals surface area contributed by atoms with E-state index in [2.05, 4.69) is 15.3 Å². The van der Waals surface area contributed by atoms with Crippen molar-refractivity contribution in [3.63, 3.8) is 0 Å². The zero-order chi connectivity index (χ0) is 17.6. The van der Waals surface area contributed by atoms with Crippen LogP contribution in [0.3, 0.4) is 0 Å². The Balaban J connectivity index is 0.00000529. The number of carboxylic acids is 1. The Morgan fingerprint density at radius 1 is 1.50 bits per heavy atom. The molecule has 128 valence electrons. The van der Waals surface area contributed by atoms with Crippen LogP contribution in [0.25, 0.3) is 10.4 Å². The molecular formula is C11H15N4NaO8. The number of aliphatic carboxylic acids is 1. The maximum atomic E-state index is 11.3. The van der Waals surface area contributed by atoms with Crippen LogP contribution in [0.2, 0.25) is 0 Å². The maximum Gasteiger partial charge on any atom is 1.00 e. The van der Waals surface area contributed by atoms with Crippen molar-refractivity contribution in [1.82, 2.24) is 5.32 Å². The van der Waals surface area contributed by atoms with Crippen molar-refractivity contribution < 1.29 is 69.4 Å². The summed E-state index contributed by atoms with van der Waals surface area (Å²) in [6.45, 7) is -1.48. The van der Waals surface area contributed by atoms with E-state index in [1.807, 2.05) is 0 Å². The predicted octanol–water partition coefficient (Wildman–Crippen LogP) is -7.11. The quantitative estimate of drug-likeness (QED) is 0.128. The summed E-state index contributed by atoms with van der Waals surface area (Å²) in [4.78, 5) is 24.5. The average molecular weight is 354 g/mol. The second-order valence-electron chi connectivity index (χ2n) is 4.61. The molecule has 0 aromatic rings. The van der Waals surface area contributed by atoms with E-state index in [0.717, 1.165) is 6.08 Å². The molecule has 0 bridgehead atoms. The number of carboxylic acid groups (broad SMARTS) is 1. The SMILES string of the molecule is [N-]=[N+]=NC[C@@H](O)[C@H](O)[C@@H]1OC(C(=O)[O-])=C[C@H](O)[C@H]1NC(=O)CO.[Na+]. The summed E-state index contributed by atoms with van der Waals surface area (Å²) in [6, 6.07) is -1.37. The molecule has 0 unspecified atom stereocenters. The molecule has 1 heterocycles. The Labute approximate surface area is 157 Å². The Morgan fingerprint density at radius 2 is 2.12 bits per heavy atom. The van der Waals surface area contributed by atoms with Crippen molar-refractivity contribution >= 4 is 11.9 Å². The molecule has 24 heavy (non-hydrogen) atoms.